The molecule has 0 saturated carbocycles. The molecule has 2 nitrogen and oxygen atoms in total. The van der Waals surface area contributed by atoms with E-state index in [-0.39, 0.29) is 0 Å². The Balaban J connectivity index is 1.81. The van der Waals surface area contributed by atoms with Gasteiger partial charge in [0.25, 0.3) is 0 Å². The molecule has 1 aliphatic heterocycles. The first-order valence-corrected chi connectivity index (χ1v) is 8.07. The molecule has 0 N–H and O–H groups in total. The SMILES string of the molecule is Clc1nc(C2CCc3ccccc32)nc2c1CSC2. The topological polar surface area (TPSA) is 25.8 Å². The maximum Gasteiger partial charge on any atom is 0.137 e. The number of benzene rings is 1. The van der Waals surface area contributed by atoms with Crippen LogP contribution < -0.4 is 0 Å². The monoisotopic (exact) mass is 288 g/mol. The molecular weight excluding hydrogens is 276 g/mol. The fourth-order valence-electron chi connectivity index (χ4n) is 3.01. The number of fused-ring (bicyclic) bond motifs is 2. The van der Waals surface area contributed by atoms with Crippen molar-refractivity contribution in [2.75, 3.05) is 0 Å². The Kier molecular flexibility index (Phi) is 2.78. The Morgan fingerprint density at radius 1 is 1.16 bits per heavy atom. The van der Waals surface area contributed by atoms with E-state index in [4.69, 9.17) is 16.6 Å². The molecule has 0 bridgehead atoms. The number of rotatable bonds is 1. The lowest BCUT2D eigenvalue weighted by atomic mass is 10.0. The van der Waals surface area contributed by atoms with Crippen LogP contribution in [0.4, 0.5) is 0 Å². The summed E-state index contributed by atoms with van der Waals surface area (Å²) in [6.07, 6.45) is 2.22. The van der Waals surface area contributed by atoms with Gasteiger partial charge in [-0.25, -0.2) is 9.97 Å². The van der Waals surface area contributed by atoms with Gasteiger partial charge in [0.1, 0.15) is 11.0 Å². The molecule has 0 radical (unpaired) electrons. The van der Waals surface area contributed by atoms with Crippen LogP contribution in [-0.2, 0) is 17.9 Å². The summed E-state index contributed by atoms with van der Waals surface area (Å²) in [6, 6.07) is 8.61. The second kappa shape index (κ2) is 4.50. The number of aryl methyl sites for hydroxylation is 1. The normalized spacial score (nSPS) is 20.4. The van der Waals surface area contributed by atoms with E-state index in [0.29, 0.717) is 11.1 Å². The summed E-state index contributed by atoms with van der Waals surface area (Å²) in [5.41, 5.74) is 5.09. The lowest BCUT2D eigenvalue weighted by molar-refractivity contribution is 0.721. The average molecular weight is 289 g/mol. The minimum atomic E-state index is 0.324. The van der Waals surface area contributed by atoms with Crippen molar-refractivity contribution in [1.29, 1.82) is 0 Å². The summed E-state index contributed by atoms with van der Waals surface area (Å²) in [4.78, 5) is 9.35. The molecule has 0 amide bonds. The molecule has 4 heteroatoms. The van der Waals surface area contributed by atoms with Crippen LogP contribution in [0.1, 0.15) is 40.5 Å². The van der Waals surface area contributed by atoms with E-state index in [1.54, 1.807) is 0 Å². The highest BCUT2D eigenvalue weighted by molar-refractivity contribution is 7.98. The second-order valence-electron chi connectivity index (χ2n) is 5.08. The average Bonchev–Trinajstić information content (AvgIpc) is 3.04. The molecule has 2 heterocycles. The number of nitrogens with zero attached hydrogens (tertiary/aromatic N) is 2. The number of aromatic nitrogens is 2. The Hall–Kier alpha value is -1.06. The quantitative estimate of drug-likeness (QED) is 0.743. The highest BCUT2D eigenvalue weighted by atomic mass is 35.5. The molecule has 1 aromatic heterocycles. The molecular formula is C15H13ClN2S. The molecule has 96 valence electrons. The van der Waals surface area contributed by atoms with Gasteiger partial charge in [-0.1, -0.05) is 35.9 Å². The van der Waals surface area contributed by atoms with E-state index in [1.807, 2.05) is 11.8 Å². The molecule has 1 unspecified atom stereocenters. The molecule has 1 aromatic carbocycles. The first-order chi connectivity index (χ1) is 9.33. The molecule has 1 aliphatic carbocycles. The standard InChI is InChI=1S/C15H13ClN2S/c16-14-12-7-19-8-13(12)17-15(18-14)11-6-5-9-3-1-2-4-10(9)11/h1-4,11H,5-8H2. The van der Waals surface area contributed by atoms with Crippen LogP contribution in [0, 0.1) is 0 Å². The van der Waals surface area contributed by atoms with Crippen molar-refractivity contribution in [2.45, 2.75) is 30.3 Å². The van der Waals surface area contributed by atoms with Gasteiger partial charge in [0.15, 0.2) is 0 Å². The third-order valence-corrected chi connectivity index (χ3v) is 5.27. The van der Waals surface area contributed by atoms with Crippen molar-refractivity contribution >= 4 is 23.4 Å². The van der Waals surface area contributed by atoms with E-state index in [0.717, 1.165) is 41.4 Å². The van der Waals surface area contributed by atoms with Gasteiger partial charge in [-0.15, -0.1) is 0 Å². The van der Waals surface area contributed by atoms with E-state index >= 15 is 0 Å². The first-order valence-electron chi connectivity index (χ1n) is 6.53. The molecule has 0 fully saturated rings. The van der Waals surface area contributed by atoms with Crippen molar-refractivity contribution in [2.24, 2.45) is 0 Å². The van der Waals surface area contributed by atoms with Gasteiger partial charge < -0.3 is 0 Å². The minimum Gasteiger partial charge on any atom is -0.236 e. The van der Waals surface area contributed by atoms with Crippen molar-refractivity contribution in [1.82, 2.24) is 9.97 Å². The molecule has 4 rings (SSSR count). The van der Waals surface area contributed by atoms with Gasteiger partial charge in [0.05, 0.1) is 5.69 Å². The van der Waals surface area contributed by atoms with E-state index in [2.05, 4.69) is 29.2 Å². The smallest absolute Gasteiger partial charge is 0.137 e. The van der Waals surface area contributed by atoms with Crippen LogP contribution in [0.25, 0.3) is 0 Å². The minimum absolute atomic E-state index is 0.324. The summed E-state index contributed by atoms with van der Waals surface area (Å²) >= 11 is 8.18. The third-order valence-electron chi connectivity index (χ3n) is 3.99. The fourth-order valence-corrected chi connectivity index (χ4v) is 4.39. The van der Waals surface area contributed by atoms with Gasteiger partial charge in [-0.3, -0.25) is 0 Å². The highest BCUT2D eigenvalue weighted by Crippen LogP contribution is 2.39. The third kappa shape index (κ3) is 1.87. The predicted octanol–water partition coefficient (Wildman–Crippen LogP) is 3.95. The van der Waals surface area contributed by atoms with E-state index in [1.165, 1.54) is 11.1 Å². The lowest BCUT2D eigenvalue weighted by Crippen LogP contribution is -2.06. The van der Waals surface area contributed by atoms with Crippen LogP contribution in [-0.4, -0.2) is 9.97 Å². The Bertz CT molecular complexity index is 657. The zero-order valence-electron chi connectivity index (χ0n) is 10.4. The highest BCUT2D eigenvalue weighted by Gasteiger charge is 2.28. The van der Waals surface area contributed by atoms with Crippen LogP contribution >= 0.6 is 23.4 Å². The maximum absolute atomic E-state index is 6.32. The van der Waals surface area contributed by atoms with Crippen molar-refractivity contribution in [3.05, 3.63) is 57.6 Å². The largest absolute Gasteiger partial charge is 0.236 e. The number of thioether (sulfide) groups is 1. The van der Waals surface area contributed by atoms with Crippen LogP contribution in [0.3, 0.4) is 0 Å². The zero-order chi connectivity index (χ0) is 12.8. The Labute approximate surface area is 121 Å². The van der Waals surface area contributed by atoms with Gasteiger partial charge in [0, 0.05) is 23.0 Å². The van der Waals surface area contributed by atoms with Crippen molar-refractivity contribution < 1.29 is 0 Å². The summed E-state index contributed by atoms with van der Waals surface area (Å²) in [5.74, 6) is 3.16. The Morgan fingerprint density at radius 2 is 2.05 bits per heavy atom. The summed E-state index contributed by atoms with van der Waals surface area (Å²) in [7, 11) is 0. The van der Waals surface area contributed by atoms with Gasteiger partial charge in [0.2, 0.25) is 0 Å². The molecule has 2 aliphatic rings. The zero-order valence-corrected chi connectivity index (χ0v) is 12.0. The van der Waals surface area contributed by atoms with Crippen LogP contribution in [0.15, 0.2) is 24.3 Å². The number of halogens is 1. The molecule has 1 atom stereocenters. The van der Waals surface area contributed by atoms with Gasteiger partial charge in [-0.2, -0.15) is 11.8 Å². The van der Waals surface area contributed by atoms with Crippen molar-refractivity contribution in [3.63, 3.8) is 0 Å². The second-order valence-corrected chi connectivity index (χ2v) is 6.42. The Morgan fingerprint density at radius 3 is 3.00 bits per heavy atom. The molecule has 19 heavy (non-hydrogen) atoms. The van der Waals surface area contributed by atoms with E-state index < -0.39 is 0 Å². The van der Waals surface area contributed by atoms with Gasteiger partial charge >= 0.3 is 0 Å². The summed E-state index contributed by atoms with van der Waals surface area (Å²) < 4.78 is 0. The molecule has 0 spiro atoms. The number of hydrogen-bond acceptors (Lipinski definition) is 3. The fraction of sp³-hybridized carbons (Fsp3) is 0.333. The molecule has 2 aromatic rings. The number of hydrogen-bond donors (Lipinski definition) is 0. The summed E-state index contributed by atoms with van der Waals surface area (Å²) in [5, 5.41) is 0.661. The predicted molar refractivity (Wildman–Crippen MR) is 78.6 cm³/mol. The van der Waals surface area contributed by atoms with Crippen molar-refractivity contribution in [3.8, 4) is 0 Å². The van der Waals surface area contributed by atoms with Crippen LogP contribution in [0.2, 0.25) is 5.15 Å². The maximum atomic E-state index is 6.32. The summed E-state index contributed by atoms with van der Waals surface area (Å²) in [6.45, 7) is 0. The van der Waals surface area contributed by atoms with Gasteiger partial charge in [-0.05, 0) is 24.0 Å². The first kappa shape index (κ1) is 11.7. The van der Waals surface area contributed by atoms with E-state index in [9.17, 15) is 0 Å². The molecule has 0 saturated heterocycles. The lowest BCUT2D eigenvalue weighted by Gasteiger charge is -2.12. The van der Waals surface area contributed by atoms with Crippen LogP contribution in [0.5, 0.6) is 0 Å².